The molecule has 2 N–H and O–H groups in total. The Hall–Kier alpha value is -0.340. The summed E-state index contributed by atoms with van der Waals surface area (Å²) in [5, 5.41) is 12.9. The highest BCUT2D eigenvalue weighted by molar-refractivity contribution is 4.97. The number of hydrogen-bond acceptors (Lipinski definition) is 2. The minimum atomic E-state index is 0.0366. The Morgan fingerprint density at radius 2 is 2.14 bits per heavy atom. The third-order valence-corrected chi connectivity index (χ3v) is 3.54. The number of rotatable bonds is 6. The topological polar surface area (TPSA) is 32.3 Å². The van der Waals surface area contributed by atoms with Crippen molar-refractivity contribution < 1.29 is 5.11 Å². The van der Waals surface area contributed by atoms with E-state index in [1.807, 2.05) is 6.08 Å². The molecular weight excluding hydrogens is 174 g/mol. The molecule has 1 fully saturated rings. The van der Waals surface area contributed by atoms with Gasteiger partial charge in [0.25, 0.3) is 0 Å². The fourth-order valence-electron chi connectivity index (χ4n) is 2.04. The van der Waals surface area contributed by atoms with Crippen LogP contribution in [0.1, 0.15) is 39.5 Å². The third kappa shape index (κ3) is 2.58. The number of hydrogen-bond donors (Lipinski definition) is 2. The lowest BCUT2D eigenvalue weighted by Crippen LogP contribution is -2.58. The van der Waals surface area contributed by atoms with E-state index in [1.54, 1.807) is 0 Å². The van der Waals surface area contributed by atoms with Gasteiger partial charge >= 0.3 is 0 Å². The van der Waals surface area contributed by atoms with Gasteiger partial charge in [0.15, 0.2) is 0 Å². The molecule has 0 amide bonds. The van der Waals surface area contributed by atoms with Gasteiger partial charge in [-0.1, -0.05) is 13.0 Å². The molecule has 82 valence electrons. The van der Waals surface area contributed by atoms with E-state index in [1.165, 1.54) is 6.42 Å². The van der Waals surface area contributed by atoms with Gasteiger partial charge in [-0.25, -0.2) is 0 Å². The maximum absolute atomic E-state index is 9.31. The summed E-state index contributed by atoms with van der Waals surface area (Å²) in [7, 11) is 0. The van der Waals surface area contributed by atoms with Gasteiger partial charge in [0.05, 0.1) is 6.61 Å². The molecule has 0 aromatic rings. The molecule has 1 rings (SSSR count). The second-order valence-electron chi connectivity index (χ2n) is 4.73. The predicted molar refractivity (Wildman–Crippen MR) is 60.2 cm³/mol. The van der Waals surface area contributed by atoms with Crippen molar-refractivity contribution in [3.8, 4) is 0 Å². The van der Waals surface area contributed by atoms with Gasteiger partial charge < -0.3 is 10.4 Å². The van der Waals surface area contributed by atoms with Crippen molar-refractivity contribution >= 4 is 0 Å². The van der Waals surface area contributed by atoms with Gasteiger partial charge in [0.1, 0.15) is 0 Å². The maximum Gasteiger partial charge on any atom is 0.0613 e. The Labute approximate surface area is 87.4 Å². The molecule has 0 radical (unpaired) electrons. The number of aliphatic hydroxyl groups excluding tert-OH is 1. The molecule has 0 heterocycles. The molecule has 1 aliphatic carbocycles. The van der Waals surface area contributed by atoms with Crippen LogP contribution in [0, 0.1) is 5.92 Å². The fraction of sp³-hybridized carbons (Fsp3) is 0.833. The summed E-state index contributed by atoms with van der Waals surface area (Å²) < 4.78 is 0. The lowest BCUT2D eigenvalue weighted by Gasteiger charge is -2.44. The minimum Gasteiger partial charge on any atom is -0.394 e. The van der Waals surface area contributed by atoms with Crippen molar-refractivity contribution in [1.29, 1.82) is 0 Å². The van der Waals surface area contributed by atoms with Crippen LogP contribution in [0.5, 0.6) is 0 Å². The molecule has 14 heavy (non-hydrogen) atoms. The zero-order valence-electron chi connectivity index (χ0n) is 9.42. The fourth-order valence-corrected chi connectivity index (χ4v) is 2.04. The van der Waals surface area contributed by atoms with Crippen LogP contribution < -0.4 is 5.32 Å². The first-order valence-corrected chi connectivity index (χ1v) is 5.63. The first kappa shape index (κ1) is 11.7. The van der Waals surface area contributed by atoms with E-state index in [0.29, 0.717) is 12.0 Å². The highest BCUT2D eigenvalue weighted by Crippen LogP contribution is 2.32. The van der Waals surface area contributed by atoms with Gasteiger partial charge in [-0.2, -0.15) is 0 Å². The quantitative estimate of drug-likeness (QED) is 0.639. The summed E-state index contributed by atoms with van der Waals surface area (Å²) in [6.07, 6.45) is 6.49. The van der Waals surface area contributed by atoms with Crippen LogP contribution in [0.3, 0.4) is 0 Å². The number of nitrogens with one attached hydrogen (secondary N) is 1. The molecule has 2 heteroatoms. The summed E-state index contributed by atoms with van der Waals surface area (Å²) in [5.74, 6) is 0.594. The van der Waals surface area contributed by atoms with Crippen molar-refractivity contribution in [3.05, 3.63) is 12.7 Å². The standard InChI is InChI=1S/C12H23NO/c1-4-6-10(2)11(3)13-12(9-14)7-5-8-12/h4,10-11,13-14H,1,5-9H2,2-3H3. The Morgan fingerprint density at radius 3 is 2.50 bits per heavy atom. The minimum absolute atomic E-state index is 0.0366. The van der Waals surface area contributed by atoms with E-state index in [0.717, 1.165) is 19.3 Å². The van der Waals surface area contributed by atoms with E-state index in [2.05, 4.69) is 25.7 Å². The summed E-state index contributed by atoms with van der Waals surface area (Å²) in [4.78, 5) is 0. The average molecular weight is 197 g/mol. The Balaban J connectivity index is 2.38. The van der Waals surface area contributed by atoms with Crippen molar-refractivity contribution in [2.24, 2.45) is 5.92 Å². The van der Waals surface area contributed by atoms with Crippen LogP contribution in [0.15, 0.2) is 12.7 Å². The van der Waals surface area contributed by atoms with Crippen LogP contribution in [-0.4, -0.2) is 23.3 Å². The molecule has 2 nitrogen and oxygen atoms in total. The summed E-state index contributed by atoms with van der Waals surface area (Å²) >= 11 is 0. The largest absolute Gasteiger partial charge is 0.394 e. The highest BCUT2D eigenvalue weighted by atomic mass is 16.3. The molecule has 2 atom stereocenters. The van der Waals surface area contributed by atoms with Gasteiger partial charge in [-0.15, -0.1) is 6.58 Å². The Morgan fingerprint density at radius 1 is 1.50 bits per heavy atom. The predicted octanol–water partition coefficient (Wildman–Crippen LogP) is 2.09. The SMILES string of the molecule is C=CCC(C)C(C)NC1(CO)CCC1. The van der Waals surface area contributed by atoms with E-state index in [4.69, 9.17) is 0 Å². The summed E-state index contributed by atoms with van der Waals surface area (Å²) in [6.45, 7) is 8.46. The second kappa shape index (κ2) is 4.94. The molecule has 1 aliphatic rings. The third-order valence-electron chi connectivity index (χ3n) is 3.54. The summed E-state index contributed by atoms with van der Waals surface area (Å²) in [6, 6.07) is 0.459. The van der Waals surface area contributed by atoms with Gasteiger partial charge in [0.2, 0.25) is 0 Å². The zero-order chi connectivity index (χ0) is 10.6. The molecule has 0 bridgehead atoms. The molecule has 0 aromatic carbocycles. The molecule has 1 saturated carbocycles. The van der Waals surface area contributed by atoms with Gasteiger partial charge in [0, 0.05) is 11.6 Å². The zero-order valence-corrected chi connectivity index (χ0v) is 9.42. The molecule has 0 spiro atoms. The molecule has 2 unspecified atom stereocenters. The number of aliphatic hydroxyl groups is 1. The molecule has 0 saturated heterocycles. The van der Waals surface area contributed by atoms with E-state index >= 15 is 0 Å². The van der Waals surface area contributed by atoms with Crippen LogP contribution in [0.2, 0.25) is 0 Å². The molecular formula is C12H23NO. The highest BCUT2D eigenvalue weighted by Gasteiger charge is 2.37. The van der Waals surface area contributed by atoms with Gasteiger partial charge in [-0.05, 0) is 38.5 Å². The lowest BCUT2D eigenvalue weighted by atomic mass is 9.76. The average Bonchev–Trinajstić information content (AvgIpc) is 2.11. The van der Waals surface area contributed by atoms with Crippen molar-refractivity contribution in [3.63, 3.8) is 0 Å². The van der Waals surface area contributed by atoms with Crippen molar-refractivity contribution in [1.82, 2.24) is 5.32 Å². The van der Waals surface area contributed by atoms with Crippen molar-refractivity contribution in [2.75, 3.05) is 6.61 Å². The maximum atomic E-state index is 9.31. The first-order valence-electron chi connectivity index (χ1n) is 5.63. The second-order valence-corrected chi connectivity index (χ2v) is 4.73. The van der Waals surface area contributed by atoms with Crippen LogP contribution >= 0.6 is 0 Å². The lowest BCUT2D eigenvalue weighted by molar-refractivity contribution is 0.0714. The smallest absolute Gasteiger partial charge is 0.0613 e. The Bertz CT molecular complexity index is 181. The molecule has 0 aliphatic heterocycles. The number of allylic oxidation sites excluding steroid dienone is 1. The van der Waals surface area contributed by atoms with Gasteiger partial charge in [-0.3, -0.25) is 0 Å². The van der Waals surface area contributed by atoms with Crippen molar-refractivity contribution in [2.45, 2.75) is 51.1 Å². The Kier molecular flexibility index (Phi) is 4.14. The molecule has 0 aromatic heterocycles. The first-order chi connectivity index (χ1) is 6.63. The van der Waals surface area contributed by atoms with Crippen LogP contribution in [0.4, 0.5) is 0 Å². The van der Waals surface area contributed by atoms with E-state index < -0.39 is 0 Å². The monoisotopic (exact) mass is 197 g/mol. The normalized spacial score (nSPS) is 23.6. The summed E-state index contributed by atoms with van der Waals surface area (Å²) in [5.41, 5.74) is 0.0366. The van der Waals surface area contributed by atoms with E-state index in [-0.39, 0.29) is 12.1 Å². The van der Waals surface area contributed by atoms with Crippen LogP contribution in [-0.2, 0) is 0 Å². The van der Waals surface area contributed by atoms with Crippen LogP contribution in [0.25, 0.3) is 0 Å². The van der Waals surface area contributed by atoms with E-state index in [9.17, 15) is 5.11 Å².